The fraction of sp³-hybridized carbons (Fsp3) is 0.294. The molecule has 2 aromatic rings. The minimum Gasteiger partial charge on any atom is -0.492 e. The zero-order valence-corrected chi connectivity index (χ0v) is 11.9. The van der Waals surface area contributed by atoms with Crippen LogP contribution in [0.15, 0.2) is 48.5 Å². The standard InChI is InChI=1S/C17H20FNO/c1-13-4-3-5-17(12-13)20-11-10-19-14(2)15-6-8-16(18)9-7-15/h3-9,12,14,19H,10-11H2,1-2H3. The Labute approximate surface area is 119 Å². The van der Waals surface area contributed by atoms with Crippen molar-refractivity contribution in [3.05, 3.63) is 65.5 Å². The maximum atomic E-state index is 12.8. The first-order chi connectivity index (χ1) is 9.65. The highest BCUT2D eigenvalue weighted by molar-refractivity contribution is 5.27. The third-order valence-corrected chi connectivity index (χ3v) is 3.18. The second-order valence-electron chi connectivity index (χ2n) is 4.89. The van der Waals surface area contributed by atoms with Crippen molar-refractivity contribution in [1.82, 2.24) is 5.32 Å². The molecule has 0 aromatic heterocycles. The molecule has 3 heteroatoms. The first-order valence-corrected chi connectivity index (χ1v) is 6.83. The van der Waals surface area contributed by atoms with E-state index in [1.165, 1.54) is 17.7 Å². The lowest BCUT2D eigenvalue weighted by atomic mass is 10.1. The molecule has 0 radical (unpaired) electrons. The smallest absolute Gasteiger partial charge is 0.123 e. The molecule has 1 atom stereocenters. The zero-order valence-electron chi connectivity index (χ0n) is 11.9. The average Bonchev–Trinajstić information content (AvgIpc) is 2.44. The normalized spacial score (nSPS) is 12.2. The predicted molar refractivity (Wildman–Crippen MR) is 79.5 cm³/mol. The van der Waals surface area contributed by atoms with Gasteiger partial charge < -0.3 is 10.1 Å². The van der Waals surface area contributed by atoms with Crippen LogP contribution in [0.2, 0.25) is 0 Å². The van der Waals surface area contributed by atoms with Crippen molar-refractivity contribution in [2.24, 2.45) is 0 Å². The minimum atomic E-state index is -0.205. The van der Waals surface area contributed by atoms with Gasteiger partial charge in [-0.1, -0.05) is 24.3 Å². The van der Waals surface area contributed by atoms with Gasteiger partial charge in [-0.3, -0.25) is 0 Å². The van der Waals surface area contributed by atoms with Crippen LogP contribution in [-0.4, -0.2) is 13.2 Å². The van der Waals surface area contributed by atoms with Gasteiger partial charge in [-0.25, -0.2) is 4.39 Å². The van der Waals surface area contributed by atoms with Crippen LogP contribution in [0, 0.1) is 12.7 Å². The number of halogens is 1. The Morgan fingerprint density at radius 3 is 2.60 bits per heavy atom. The molecule has 0 amide bonds. The topological polar surface area (TPSA) is 21.3 Å². The molecule has 2 rings (SSSR count). The highest BCUT2D eigenvalue weighted by Gasteiger charge is 2.04. The van der Waals surface area contributed by atoms with Gasteiger partial charge in [0.05, 0.1) is 0 Å². The average molecular weight is 273 g/mol. The summed E-state index contributed by atoms with van der Waals surface area (Å²) < 4.78 is 18.5. The van der Waals surface area contributed by atoms with Crippen LogP contribution >= 0.6 is 0 Å². The highest BCUT2D eigenvalue weighted by Crippen LogP contribution is 2.13. The summed E-state index contributed by atoms with van der Waals surface area (Å²) in [5.41, 5.74) is 2.26. The Morgan fingerprint density at radius 1 is 1.15 bits per heavy atom. The fourth-order valence-electron chi connectivity index (χ4n) is 2.02. The number of ether oxygens (including phenoxy) is 1. The molecular formula is C17H20FNO. The van der Waals surface area contributed by atoms with E-state index in [0.717, 1.165) is 17.9 Å². The zero-order chi connectivity index (χ0) is 14.4. The van der Waals surface area contributed by atoms with Crippen molar-refractivity contribution < 1.29 is 9.13 Å². The number of hydrogen-bond acceptors (Lipinski definition) is 2. The van der Waals surface area contributed by atoms with E-state index in [0.29, 0.717) is 6.61 Å². The Balaban J connectivity index is 1.74. The molecular weight excluding hydrogens is 253 g/mol. The SMILES string of the molecule is Cc1cccc(OCCNC(C)c2ccc(F)cc2)c1. The van der Waals surface area contributed by atoms with E-state index in [2.05, 4.69) is 12.2 Å². The summed E-state index contributed by atoms with van der Waals surface area (Å²) in [6.45, 7) is 5.45. The van der Waals surface area contributed by atoms with Crippen molar-refractivity contribution in [1.29, 1.82) is 0 Å². The van der Waals surface area contributed by atoms with Gasteiger partial charge in [0.15, 0.2) is 0 Å². The van der Waals surface area contributed by atoms with Gasteiger partial charge in [-0.05, 0) is 49.2 Å². The third-order valence-electron chi connectivity index (χ3n) is 3.18. The Bertz CT molecular complexity index is 539. The minimum absolute atomic E-state index is 0.178. The number of hydrogen-bond donors (Lipinski definition) is 1. The lowest BCUT2D eigenvalue weighted by Gasteiger charge is -2.14. The molecule has 0 fully saturated rings. The van der Waals surface area contributed by atoms with Gasteiger partial charge >= 0.3 is 0 Å². The van der Waals surface area contributed by atoms with Crippen molar-refractivity contribution in [3.63, 3.8) is 0 Å². The van der Waals surface area contributed by atoms with Crippen LogP contribution < -0.4 is 10.1 Å². The first kappa shape index (κ1) is 14.5. The van der Waals surface area contributed by atoms with E-state index in [4.69, 9.17) is 4.74 Å². The fourth-order valence-corrected chi connectivity index (χ4v) is 2.02. The molecule has 0 bridgehead atoms. The van der Waals surface area contributed by atoms with Crippen LogP contribution in [0.5, 0.6) is 5.75 Å². The van der Waals surface area contributed by atoms with Gasteiger partial charge in [0.2, 0.25) is 0 Å². The molecule has 0 aliphatic heterocycles. The summed E-state index contributed by atoms with van der Waals surface area (Å²) in [5.74, 6) is 0.685. The number of rotatable bonds is 6. The largest absolute Gasteiger partial charge is 0.492 e. The number of aryl methyl sites for hydroxylation is 1. The molecule has 0 spiro atoms. The second-order valence-corrected chi connectivity index (χ2v) is 4.89. The van der Waals surface area contributed by atoms with Gasteiger partial charge in [-0.2, -0.15) is 0 Å². The highest BCUT2D eigenvalue weighted by atomic mass is 19.1. The van der Waals surface area contributed by atoms with Crippen LogP contribution in [0.25, 0.3) is 0 Å². The van der Waals surface area contributed by atoms with E-state index < -0.39 is 0 Å². The molecule has 0 aliphatic carbocycles. The summed E-state index contributed by atoms with van der Waals surface area (Å²) in [6, 6.07) is 14.7. The summed E-state index contributed by atoms with van der Waals surface area (Å²) in [7, 11) is 0. The monoisotopic (exact) mass is 273 g/mol. The molecule has 0 aliphatic rings. The van der Waals surface area contributed by atoms with Crippen LogP contribution in [0.3, 0.4) is 0 Å². The van der Waals surface area contributed by atoms with Crippen LogP contribution in [0.4, 0.5) is 4.39 Å². The third kappa shape index (κ3) is 4.35. The van der Waals surface area contributed by atoms with Gasteiger partial charge in [-0.15, -0.1) is 0 Å². The maximum Gasteiger partial charge on any atom is 0.123 e. The van der Waals surface area contributed by atoms with Crippen molar-refractivity contribution in [2.45, 2.75) is 19.9 Å². The van der Waals surface area contributed by atoms with E-state index in [1.54, 1.807) is 12.1 Å². The van der Waals surface area contributed by atoms with E-state index in [9.17, 15) is 4.39 Å². The molecule has 1 unspecified atom stereocenters. The molecule has 2 nitrogen and oxygen atoms in total. The summed E-state index contributed by atoms with van der Waals surface area (Å²) in [6.07, 6.45) is 0. The van der Waals surface area contributed by atoms with Crippen molar-refractivity contribution >= 4 is 0 Å². The summed E-state index contributed by atoms with van der Waals surface area (Å²) >= 11 is 0. The van der Waals surface area contributed by atoms with E-state index >= 15 is 0 Å². The second kappa shape index (κ2) is 7.06. The lowest BCUT2D eigenvalue weighted by molar-refractivity contribution is 0.307. The lowest BCUT2D eigenvalue weighted by Crippen LogP contribution is -2.24. The first-order valence-electron chi connectivity index (χ1n) is 6.83. The van der Waals surface area contributed by atoms with Crippen LogP contribution in [0.1, 0.15) is 24.1 Å². The number of benzene rings is 2. The molecule has 0 saturated carbocycles. The van der Waals surface area contributed by atoms with E-state index in [1.807, 2.05) is 31.2 Å². The molecule has 1 N–H and O–H groups in total. The van der Waals surface area contributed by atoms with Crippen LogP contribution in [-0.2, 0) is 0 Å². The van der Waals surface area contributed by atoms with Gasteiger partial charge in [0.1, 0.15) is 18.2 Å². The van der Waals surface area contributed by atoms with Gasteiger partial charge in [0.25, 0.3) is 0 Å². The maximum absolute atomic E-state index is 12.8. The Morgan fingerprint density at radius 2 is 1.90 bits per heavy atom. The molecule has 2 aromatic carbocycles. The summed E-state index contributed by atoms with van der Waals surface area (Å²) in [5, 5.41) is 3.36. The van der Waals surface area contributed by atoms with Crippen molar-refractivity contribution in [3.8, 4) is 5.75 Å². The van der Waals surface area contributed by atoms with Gasteiger partial charge in [0, 0.05) is 12.6 Å². The predicted octanol–water partition coefficient (Wildman–Crippen LogP) is 3.86. The summed E-state index contributed by atoms with van der Waals surface area (Å²) in [4.78, 5) is 0. The number of nitrogens with one attached hydrogen (secondary N) is 1. The Hall–Kier alpha value is -1.87. The van der Waals surface area contributed by atoms with E-state index in [-0.39, 0.29) is 11.9 Å². The van der Waals surface area contributed by atoms with Crippen molar-refractivity contribution in [2.75, 3.05) is 13.2 Å². The molecule has 0 heterocycles. The Kier molecular flexibility index (Phi) is 5.13. The molecule has 0 saturated heterocycles. The molecule has 20 heavy (non-hydrogen) atoms. The quantitative estimate of drug-likeness (QED) is 0.807. The molecule has 106 valence electrons.